The summed E-state index contributed by atoms with van der Waals surface area (Å²) in [6, 6.07) is 10.2. The second kappa shape index (κ2) is 4.44. The van der Waals surface area contributed by atoms with Crippen LogP contribution in [0.2, 0.25) is 0 Å². The van der Waals surface area contributed by atoms with Crippen molar-refractivity contribution in [2.45, 2.75) is 0 Å². The molecule has 80 valence electrons. The molecule has 0 radical (unpaired) electrons. The van der Waals surface area contributed by atoms with Gasteiger partial charge in [0, 0.05) is 29.3 Å². The maximum absolute atomic E-state index is 11.8. The largest absolute Gasteiger partial charge is 0.399 e. The quantitative estimate of drug-likeness (QED) is 0.749. The summed E-state index contributed by atoms with van der Waals surface area (Å²) in [5, 5.41) is 2.76. The summed E-state index contributed by atoms with van der Waals surface area (Å²) in [5.74, 6) is -0.161. The normalized spacial score (nSPS) is 9.75. The van der Waals surface area contributed by atoms with Crippen LogP contribution < -0.4 is 11.1 Å². The number of pyridine rings is 1. The Bertz CT molecular complexity index is 479. The van der Waals surface area contributed by atoms with Gasteiger partial charge in [-0.25, -0.2) is 0 Å². The highest BCUT2D eigenvalue weighted by Gasteiger charge is 2.04. The fourth-order valence-electron chi connectivity index (χ4n) is 1.27. The van der Waals surface area contributed by atoms with Crippen LogP contribution in [-0.4, -0.2) is 10.9 Å². The van der Waals surface area contributed by atoms with Crippen molar-refractivity contribution in [3.8, 4) is 0 Å². The number of anilines is 2. The third-order valence-corrected chi connectivity index (χ3v) is 2.11. The van der Waals surface area contributed by atoms with Crippen molar-refractivity contribution in [2.75, 3.05) is 11.1 Å². The molecule has 1 heterocycles. The van der Waals surface area contributed by atoms with Gasteiger partial charge in [0.1, 0.15) is 0 Å². The highest BCUT2D eigenvalue weighted by Crippen LogP contribution is 2.09. The first-order valence-corrected chi connectivity index (χ1v) is 4.82. The molecule has 1 aromatic carbocycles. The molecule has 0 atom stereocenters. The Morgan fingerprint density at radius 1 is 1.06 bits per heavy atom. The van der Waals surface area contributed by atoms with Crippen molar-refractivity contribution < 1.29 is 4.79 Å². The number of hydrogen-bond acceptors (Lipinski definition) is 3. The summed E-state index contributed by atoms with van der Waals surface area (Å²) < 4.78 is 0. The molecule has 0 aliphatic rings. The SMILES string of the molecule is Nc1ccc(C(=O)Nc2ccncc2)cc1. The molecular formula is C12H11N3O. The number of hydrogen-bond donors (Lipinski definition) is 2. The van der Waals surface area contributed by atoms with Crippen LogP contribution in [0.5, 0.6) is 0 Å². The van der Waals surface area contributed by atoms with Crippen LogP contribution in [0.15, 0.2) is 48.8 Å². The number of benzene rings is 1. The molecule has 4 nitrogen and oxygen atoms in total. The van der Waals surface area contributed by atoms with E-state index in [2.05, 4.69) is 10.3 Å². The van der Waals surface area contributed by atoms with E-state index in [9.17, 15) is 4.79 Å². The van der Waals surface area contributed by atoms with E-state index in [1.54, 1.807) is 48.8 Å². The van der Waals surface area contributed by atoms with Crippen molar-refractivity contribution in [3.05, 3.63) is 54.4 Å². The molecule has 2 aromatic rings. The van der Waals surface area contributed by atoms with Crippen LogP contribution in [0.3, 0.4) is 0 Å². The zero-order valence-electron chi connectivity index (χ0n) is 8.55. The van der Waals surface area contributed by atoms with Crippen LogP contribution in [0, 0.1) is 0 Å². The molecular weight excluding hydrogens is 202 g/mol. The second-order valence-corrected chi connectivity index (χ2v) is 3.31. The van der Waals surface area contributed by atoms with E-state index in [1.807, 2.05) is 0 Å². The number of carbonyl (C=O) groups excluding carboxylic acids is 1. The number of nitrogen functional groups attached to an aromatic ring is 1. The number of rotatable bonds is 2. The molecule has 4 heteroatoms. The minimum atomic E-state index is -0.161. The van der Waals surface area contributed by atoms with Gasteiger partial charge < -0.3 is 11.1 Å². The Balaban J connectivity index is 2.12. The molecule has 0 bridgehead atoms. The fraction of sp³-hybridized carbons (Fsp3) is 0. The summed E-state index contributed by atoms with van der Waals surface area (Å²) in [7, 11) is 0. The lowest BCUT2D eigenvalue weighted by molar-refractivity contribution is 0.102. The Kier molecular flexibility index (Phi) is 2.82. The summed E-state index contributed by atoms with van der Waals surface area (Å²) in [5.41, 5.74) is 7.47. The van der Waals surface area contributed by atoms with Crippen LogP contribution in [0.1, 0.15) is 10.4 Å². The predicted octanol–water partition coefficient (Wildman–Crippen LogP) is 1.92. The van der Waals surface area contributed by atoms with Crippen LogP contribution in [0.4, 0.5) is 11.4 Å². The topological polar surface area (TPSA) is 68.0 Å². The monoisotopic (exact) mass is 213 g/mol. The van der Waals surface area contributed by atoms with Gasteiger partial charge in [-0.3, -0.25) is 9.78 Å². The lowest BCUT2D eigenvalue weighted by Gasteiger charge is -2.04. The van der Waals surface area contributed by atoms with E-state index in [1.165, 1.54) is 0 Å². The molecule has 0 saturated heterocycles. The molecule has 1 aromatic heterocycles. The summed E-state index contributed by atoms with van der Waals surface area (Å²) in [6.45, 7) is 0. The number of amides is 1. The van der Waals surface area contributed by atoms with E-state index in [4.69, 9.17) is 5.73 Å². The van der Waals surface area contributed by atoms with Gasteiger partial charge in [-0.05, 0) is 36.4 Å². The molecule has 16 heavy (non-hydrogen) atoms. The number of carbonyl (C=O) groups is 1. The highest BCUT2D eigenvalue weighted by atomic mass is 16.1. The van der Waals surface area contributed by atoms with Crippen molar-refractivity contribution in [3.63, 3.8) is 0 Å². The Labute approximate surface area is 93.1 Å². The molecule has 0 saturated carbocycles. The van der Waals surface area contributed by atoms with Gasteiger partial charge in [0.05, 0.1) is 0 Å². The van der Waals surface area contributed by atoms with Gasteiger partial charge in [0.25, 0.3) is 5.91 Å². The molecule has 3 N–H and O–H groups in total. The Morgan fingerprint density at radius 2 is 1.69 bits per heavy atom. The van der Waals surface area contributed by atoms with E-state index in [0.29, 0.717) is 11.3 Å². The third-order valence-electron chi connectivity index (χ3n) is 2.11. The zero-order chi connectivity index (χ0) is 11.4. The predicted molar refractivity (Wildman–Crippen MR) is 63.0 cm³/mol. The zero-order valence-corrected chi connectivity index (χ0v) is 8.55. The number of nitrogens with two attached hydrogens (primary N) is 1. The van der Waals surface area contributed by atoms with Gasteiger partial charge in [-0.1, -0.05) is 0 Å². The highest BCUT2D eigenvalue weighted by molar-refractivity contribution is 6.04. The van der Waals surface area contributed by atoms with E-state index in [-0.39, 0.29) is 5.91 Å². The molecule has 0 aliphatic carbocycles. The minimum absolute atomic E-state index is 0.161. The lowest BCUT2D eigenvalue weighted by atomic mass is 10.2. The Hall–Kier alpha value is -2.36. The molecule has 0 unspecified atom stereocenters. The van der Waals surface area contributed by atoms with E-state index >= 15 is 0 Å². The molecule has 0 fully saturated rings. The van der Waals surface area contributed by atoms with E-state index < -0.39 is 0 Å². The Morgan fingerprint density at radius 3 is 2.31 bits per heavy atom. The average Bonchev–Trinajstić information content (AvgIpc) is 2.31. The van der Waals surface area contributed by atoms with E-state index in [0.717, 1.165) is 5.69 Å². The van der Waals surface area contributed by atoms with Gasteiger partial charge in [-0.15, -0.1) is 0 Å². The summed E-state index contributed by atoms with van der Waals surface area (Å²) in [4.78, 5) is 15.6. The number of nitrogens with zero attached hydrogens (tertiary/aromatic N) is 1. The standard InChI is InChI=1S/C12H11N3O/c13-10-3-1-9(2-4-10)12(16)15-11-5-7-14-8-6-11/h1-8H,13H2,(H,14,15,16). The van der Waals surface area contributed by atoms with Crippen molar-refractivity contribution in [1.82, 2.24) is 4.98 Å². The van der Waals surface area contributed by atoms with Crippen LogP contribution in [0.25, 0.3) is 0 Å². The second-order valence-electron chi connectivity index (χ2n) is 3.31. The first kappa shape index (κ1) is 10.2. The lowest BCUT2D eigenvalue weighted by Crippen LogP contribution is -2.11. The van der Waals surface area contributed by atoms with Crippen molar-refractivity contribution in [2.24, 2.45) is 0 Å². The first-order chi connectivity index (χ1) is 7.75. The maximum atomic E-state index is 11.8. The van der Waals surface area contributed by atoms with Gasteiger partial charge in [-0.2, -0.15) is 0 Å². The maximum Gasteiger partial charge on any atom is 0.255 e. The van der Waals surface area contributed by atoms with Gasteiger partial charge in [0.15, 0.2) is 0 Å². The van der Waals surface area contributed by atoms with Crippen molar-refractivity contribution in [1.29, 1.82) is 0 Å². The van der Waals surface area contributed by atoms with Gasteiger partial charge in [0.2, 0.25) is 0 Å². The third kappa shape index (κ3) is 2.36. The molecule has 0 aliphatic heterocycles. The molecule has 1 amide bonds. The molecule has 0 spiro atoms. The minimum Gasteiger partial charge on any atom is -0.399 e. The summed E-state index contributed by atoms with van der Waals surface area (Å²) >= 11 is 0. The smallest absolute Gasteiger partial charge is 0.255 e. The number of aromatic nitrogens is 1. The molecule has 2 rings (SSSR count). The first-order valence-electron chi connectivity index (χ1n) is 4.82. The van der Waals surface area contributed by atoms with Gasteiger partial charge >= 0.3 is 0 Å². The van der Waals surface area contributed by atoms with Crippen molar-refractivity contribution >= 4 is 17.3 Å². The average molecular weight is 213 g/mol. The fourth-order valence-corrected chi connectivity index (χ4v) is 1.27. The van der Waals surface area contributed by atoms with Crippen LogP contribution in [-0.2, 0) is 0 Å². The summed E-state index contributed by atoms with van der Waals surface area (Å²) in [6.07, 6.45) is 3.25. The number of nitrogens with one attached hydrogen (secondary N) is 1. The van der Waals surface area contributed by atoms with Crippen LogP contribution >= 0.6 is 0 Å².